The molecule has 27 heavy (non-hydrogen) atoms. The van der Waals surface area contributed by atoms with Crippen LogP contribution in [0.4, 0.5) is 4.79 Å². The Kier molecular flexibility index (Phi) is 5.72. The van der Waals surface area contributed by atoms with Crippen molar-refractivity contribution in [2.45, 2.75) is 36.8 Å². The van der Waals surface area contributed by atoms with Gasteiger partial charge in [0.15, 0.2) is 0 Å². The molecule has 1 aromatic rings. The lowest BCUT2D eigenvalue weighted by atomic mass is 9.69. The van der Waals surface area contributed by atoms with Crippen molar-refractivity contribution in [1.29, 1.82) is 0 Å². The van der Waals surface area contributed by atoms with Gasteiger partial charge < -0.3 is 25.5 Å². The number of carbonyl (C=O) groups is 2. The normalized spacial score (nSPS) is 27.7. The molecule has 2 fully saturated rings. The van der Waals surface area contributed by atoms with Crippen LogP contribution in [0.25, 0.3) is 0 Å². The first-order valence-electron chi connectivity index (χ1n) is 9.60. The average Bonchev–Trinajstić information content (AvgIpc) is 2.98. The summed E-state index contributed by atoms with van der Waals surface area (Å²) in [5, 5.41) is 15.6. The number of likely N-dealkylation sites (N-methyl/N-ethyl adjacent to an activating group) is 1. The van der Waals surface area contributed by atoms with Crippen LogP contribution >= 0.6 is 0 Å². The number of hydrogen-bond donors (Lipinski definition) is 3. The van der Waals surface area contributed by atoms with Gasteiger partial charge in [0, 0.05) is 25.7 Å². The summed E-state index contributed by atoms with van der Waals surface area (Å²) in [5.41, 5.74) is 0.952. The van der Waals surface area contributed by atoms with E-state index < -0.39 is 0 Å². The lowest BCUT2D eigenvalue weighted by Crippen LogP contribution is -2.53. The van der Waals surface area contributed by atoms with Crippen molar-refractivity contribution in [3.63, 3.8) is 0 Å². The smallest absolute Gasteiger partial charge is 0.318 e. The molecule has 7 nitrogen and oxygen atoms in total. The van der Waals surface area contributed by atoms with Gasteiger partial charge in [0.2, 0.25) is 5.91 Å². The Hall–Kier alpha value is -2.12. The maximum Gasteiger partial charge on any atom is 0.318 e. The summed E-state index contributed by atoms with van der Waals surface area (Å²) in [5.74, 6) is -0.152. The number of benzene rings is 1. The van der Waals surface area contributed by atoms with Crippen LogP contribution in [0.3, 0.4) is 0 Å². The molecule has 148 valence electrons. The van der Waals surface area contributed by atoms with Gasteiger partial charge in [-0.05, 0) is 38.3 Å². The molecule has 1 heterocycles. The SMILES string of the molecule is CN[C@]1(c2ccccc2)CC[C@]2(CC1)CN(CC(=O)N(C)CCO)C(=O)N2. The number of aliphatic hydroxyl groups is 1. The van der Waals surface area contributed by atoms with E-state index in [1.165, 1.54) is 10.5 Å². The van der Waals surface area contributed by atoms with Crippen molar-refractivity contribution in [3.05, 3.63) is 35.9 Å². The van der Waals surface area contributed by atoms with Gasteiger partial charge in [0.1, 0.15) is 6.54 Å². The van der Waals surface area contributed by atoms with Crippen LogP contribution < -0.4 is 10.6 Å². The topological polar surface area (TPSA) is 84.9 Å². The lowest BCUT2D eigenvalue weighted by molar-refractivity contribution is -0.130. The molecule has 0 bridgehead atoms. The first-order valence-corrected chi connectivity index (χ1v) is 9.60. The molecule has 2 aliphatic rings. The van der Waals surface area contributed by atoms with Gasteiger partial charge in [0.25, 0.3) is 0 Å². The van der Waals surface area contributed by atoms with E-state index in [-0.39, 0.29) is 42.7 Å². The molecule has 0 radical (unpaired) electrons. The van der Waals surface area contributed by atoms with Crippen molar-refractivity contribution in [1.82, 2.24) is 20.4 Å². The largest absolute Gasteiger partial charge is 0.395 e. The molecule has 3 amide bonds. The third kappa shape index (κ3) is 3.94. The number of carbonyl (C=O) groups excluding carboxylic acids is 2. The molecule has 1 aliphatic heterocycles. The summed E-state index contributed by atoms with van der Waals surface area (Å²) in [7, 11) is 3.64. The zero-order valence-corrected chi connectivity index (χ0v) is 16.2. The first-order chi connectivity index (χ1) is 12.9. The number of hydrogen-bond acceptors (Lipinski definition) is 4. The Labute approximate surface area is 160 Å². The van der Waals surface area contributed by atoms with Gasteiger partial charge in [-0.25, -0.2) is 4.79 Å². The van der Waals surface area contributed by atoms with Crippen LogP contribution in [0.2, 0.25) is 0 Å². The second-order valence-corrected chi connectivity index (χ2v) is 7.80. The van der Waals surface area contributed by atoms with E-state index in [0.717, 1.165) is 25.7 Å². The predicted octanol–water partition coefficient (Wildman–Crippen LogP) is 0.890. The van der Waals surface area contributed by atoms with Crippen molar-refractivity contribution in [2.24, 2.45) is 0 Å². The van der Waals surface area contributed by atoms with Crippen LogP contribution in [0, 0.1) is 0 Å². The van der Waals surface area contributed by atoms with Gasteiger partial charge in [-0.15, -0.1) is 0 Å². The average molecular weight is 374 g/mol. The molecule has 1 saturated carbocycles. The van der Waals surface area contributed by atoms with Crippen LogP contribution in [0.15, 0.2) is 30.3 Å². The number of nitrogens with zero attached hydrogens (tertiary/aromatic N) is 2. The molecule has 3 N–H and O–H groups in total. The van der Waals surface area contributed by atoms with Crippen molar-refractivity contribution < 1.29 is 14.7 Å². The molecular weight excluding hydrogens is 344 g/mol. The minimum atomic E-state index is -0.262. The van der Waals surface area contributed by atoms with Crippen LogP contribution in [-0.2, 0) is 10.3 Å². The molecule has 1 aliphatic carbocycles. The van der Waals surface area contributed by atoms with Gasteiger partial charge in [0.05, 0.1) is 12.1 Å². The molecule has 1 saturated heterocycles. The Bertz CT molecular complexity index is 671. The predicted molar refractivity (Wildman–Crippen MR) is 103 cm³/mol. The van der Waals surface area contributed by atoms with Gasteiger partial charge >= 0.3 is 6.03 Å². The maximum atomic E-state index is 12.4. The standard InChI is InChI=1S/C20H30N4O3/c1-21-20(16-6-4-3-5-7-16)10-8-19(9-11-20)15-24(18(27)22-19)14-17(26)23(2)12-13-25/h3-7,21,25H,8-15H2,1-2H3,(H,22,27)/t19-,20+. The van der Waals surface area contributed by atoms with Crippen LogP contribution in [0.1, 0.15) is 31.2 Å². The number of urea groups is 1. The number of nitrogens with one attached hydrogen (secondary N) is 2. The quantitative estimate of drug-likeness (QED) is 0.690. The van der Waals surface area contributed by atoms with E-state index >= 15 is 0 Å². The molecule has 0 unspecified atom stereocenters. The van der Waals surface area contributed by atoms with E-state index in [1.807, 2.05) is 13.1 Å². The van der Waals surface area contributed by atoms with Crippen LogP contribution in [-0.4, -0.2) is 72.7 Å². The van der Waals surface area contributed by atoms with Crippen molar-refractivity contribution >= 4 is 11.9 Å². The molecule has 1 aromatic carbocycles. The fourth-order valence-corrected chi connectivity index (χ4v) is 4.35. The second kappa shape index (κ2) is 7.86. The summed E-state index contributed by atoms with van der Waals surface area (Å²) in [6.45, 7) is 0.810. The zero-order valence-electron chi connectivity index (χ0n) is 16.2. The summed E-state index contributed by atoms with van der Waals surface area (Å²) >= 11 is 0. The first kappa shape index (κ1) is 19.6. The molecule has 3 rings (SSSR count). The Morgan fingerprint density at radius 3 is 2.52 bits per heavy atom. The van der Waals surface area contributed by atoms with Gasteiger partial charge in [-0.2, -0.15) is 0 Å². The highest BCUT2D eigenvalue weighted by molar-refractivity contribution is 5.85. The minimum Gasteiger partial charge on any atom is -0.395 e. The minimum absolute atomic E-state index is 0.0555. The molecule has 0 atom stereocenters. The Morgan fingerprint density at radius 2 is 1.93 bits per heavy atom. The van der Waals surface area contributed by atoms with E-state index in [1.54, 1.807) is 11.9 Å². The number of aliphatic hydroxyl groups excluding tert-OH is 1. The van der Waals surface area contributed by atoms with E-state index in [4.69, 9.17) is 5.11 Å². The molecule has 1 spiro atoms. The highest BCUT2D eigenvalue weighted by Gasteiger charge is 2.49. The zero-order chi connectivity index (χ0) is 19.5. The van der Waals surface area contributed by atoms with E-state index in [0.29, 0.717) is 6.54 Å². The molecule has 0 aromatic heterocycles. The maximum absolute atomic E-state index is 12.4. The third-order valence-electron chi connectivity index (χ3n) is 6.21. The van der Waals surface area contributed by atoms with Crippen molar-refractivity contribution in [3.8, 4) is 0 Å². The van der Waals surface area contributed by atoms with Crippen LogP contribution in [0.5, 0.6) is 0 Å². The Balaban J connectivity index is 1.64. The highest BCUT2D eigenvalue weighted by atomic mass is 16.3. The summed E-state index contributed by atoms with van der Waals surface area (Å²) < 4.78 is 0. The fourth-order valence-electron chi connectivity index (χ4n) is 4.35. The summed E-state index contributed by atoms with van der Waals surface area (Å²) in [4.78, 5) is 27.7. The lowest BCUT2D eigenvalue weighted by Gasteiger charge is -2.45. The third-order valence-corrected chi connectivity index (χ3v) is 6.21. The molecule has 7 heteroatoms. The summed E-state index contributed by atoms with van der Waals surface area (Å²) in [6.07, 6.45) is 3.59. The highest BCUT2D eigenvalue weighted by Crippen LogP contribution is 2.42. The van der Waals surface area contributed by atoms with E-state index in [2.05, 4.69) is 34.9 Å². The number of rotatable bonds is 6. The molecular formula is C20H30N4O3. The second-order valence-electron chi connectivity index (χ2n) is 7.80. The van der Waals surface area contributed by atoms with Gasteiger partial charge in [-0.3, -0.25) is 4.79 Å². The van der Waals surface area contributed by atoms with E-state index in [9.17, 15) is 9.59 Å². The Morgan fingerprint density at radius 1 is 1.26 bits per heavy atom. The monoisotopic (exact) mass is 374 g/mol. The van der Waals surface area contributed by atoms with Crippen molar-refractivity contribution in [2.75, 3.05) is 40.3 Å². The fraction of sp³-hybridized carbons (Fsp3) is 0.600. The van der Waals surface area contributed by atoms with Gasteiger partial charge in [-0.1, -0.05) is 30.3 Å². The summed E-state index contributed by atoms with van der Waals surface area (Å²) in [6, 6.07) is 10.3. The number of amides is 3.